The predicted molar refractivity (Wildman–Crippen MR) is 75.7 cm³/mol. The van der Waals surface area contributed by atoms with Crippen molar-refractivity contribution in [2.75, 3.05) is 13.2 Å². The van der Waals surface area contributed by atoms with Gasteiger partial charge in [0, 0.05) is 19.8 Å². The molecule has 0 radical (unpaired) electrons. The summed E-state index contributed by atoms with van der Waals surface area (Å²) >= 11 is 3.10. The third-order valence-electron chi connectivity index (χ3n) is 2.34. The Morgan fingerprint density at radius 1 is 1.37 bits per heavy atom. The summed E-state index contributed by atoms with van der Waals surface area (Å²) in [5, 5.41) is 10.7. The van der Waals surface area contributed by atoms with Crippen LogP contribution in [0.5, 0.6) is 0 Å². The molecule has 0 saturated heterocycles. The summed E-state index contributed by atoms with van der Waals surface area (Å²) < 4.78 is 24.3. The number of rotatable bonds is 7. The van der Waals surface area contributed by atoms with Crippen LogP contribution >= 0.6 is 15.9 Å². The average molecular weight is 333 g/mol. The number of amidine groups is 1. The molecule has 0 aliphatic carbocycles. The third-order valence-corrected chi connectivity index (χ3v) is 2.98. The van der Waals surface area contributed by atoms with Crippen molar-refractivity contribution in [1.29, 1.82) is 5.41 Å². The molecule has 0 aliphatic rings. The molecule has 19 heavy (non-hydrogen) atoms. The molecule has 0 aromatic heterocycles. The van der Waals surface area contributed by atoms with Gasteiger partial charge in [-0.2, -0.15) is 0 Å². The predicted octanol–water partition coefficient (Wildman–Crippen LogP) is 3.05. The van der Waals surface area contributed by atoms with Gasteiger partial charge in [0.15, 0.2) is 5.84 Å². The first kappa shape index (κ1) is 16.1. The van der Waals surface area contributed by atoms with Crippen LogP contribution in [0.2, 0.25) is 0 Å². The molecule has 0 atom stereocenters. The summed E-state index contributed by atoms with van der Waals surface area (Å²) in [7, 11) is 0. The second kappa shape index (κ2) is 8.24. The second-order valence-electron chi connectivity index (χ2n) is 3.76. The van der Waals surface area contributed by atoms with E-state index in [1.807, 2.05) is 13.8 Å². The SMILES string of the molecule is CCOC(OCC)C(=N)NCc1ccc(Br)c(F)c1. The molecule has 4 nitrogen and oxygen atoms in total. The fraction of sp³-hybridized carbons (Fsp3) is 0.462. The number of halogens is 2. The van der Waals surface area contributed by atoms with Crippen LogP contribution in [0.1, 0.15) is 19.4 Å². The van der Waals surface area contributed by atoms with Gasteiger partial charge in [0.25, 0.3) is 0 Å². The maximum atomic E-state index is 13.3. The number of hydrogen-bond donors (Lipinski definition) is 2. The number of ether oxygens (including phenoxy) is 2. The first-order valence-corrected chi connectivity index (χ1v) is 6.87. The van der Waals surface area contributed by atoms with E-state index < -0.39 is 6.29 Å². The number of nitrogens with one attached hydrogen (secondary N) is 2. The zero-order chi connectivity index (χ0) is 14.3. The monoisotopic (exact) mass is 332 g/mol. The largest absolute Gasteiger partial charge is 0.366 e. The molecule has 0 amide bonds. The minimum atomic E-state index is -0.699. The molecule has 1 rings (SSSR count). The molecule has 0 heterocycles. The average Bonchev–Trinajstić information content (AvgIpc) is 2.39. The van der Waals surface area contributed by atoms with E-state index >= 15 is 0 Å². The molecule has 0 bridgehead atoms. The summed E-state index contributed by atoms with van der Waals surface area (Å²) in [6.07, 6.45) is -0.699. The van der Waals surface area contributed by atoms with E-state index in [0.717, 1.165) is 5.56 Å². The minimum absolute atomic E-state index is 0.132. The van der Waals surface area contributed by atoms with E-state index in [2.05, 4.69) is 21.2 Å². The van der Waals surface area contributed by atoms with E-state index in [1.54, 1.807) is 12.1 Å². The van der Waals surface area contributed by atoms with Crippen LogP contribution in [-0.4, -0.2) is 25.3 Å². The lowest BCUT2D eigenvalue weighted by molar-refractivity contribution is -0.0923. The smallest absolute Gasteiger partial charge is 0.216 e. The fourth-order valence-electron chi connectivity index (χ4n) is 1.45. The van der Waals surface area contributed by atoms with Crippen molar-refractivity contribution in [3.8, 4) is 0 Å². The molecule has 0 saturated carbocycles. The lowest BCUT2D eigenvalue weighted by Crippen LogP contribution is -2.37. The number of hydrogen-bond acceptors (Lipinski definition) is 3. The highest BCUT2D eigenvalue weighted by atomic mass is 79.9. The van der Waals surface area contributed by atoms with Gasteiger partial charge in [-0.25, -0.2) is 4.39 Å². The van der Waals surface area contributed by atoms with Crippen molar-refractivity contribution in [1.82, 2.24) is 5.32 Å². The molecular formula is C13H18BrFN2O2. The summed E-state index contributed by atoms with van der Waals surface area (Å²) in [6.45, 7) is 4.94. The first-order valence-electron chi connectivity index (χ1n) is 6.07. The highest BCUT2D eigenvalue weighted by Gasteiger charge is 2.14. The topological polar surface area (TPSA) is 54.3 Å². The molecule has 0 unspecified atom stereocenters. The molecule has 0 fully saturated rings. The van der Waals surface area contributed by atoms with E-state index in [4.69, 9.17) is 14.9 Å². The Balaban J connectivity index is 2.54. The standard InChI is InChI=1S/C13H18BrFN2O2/c1-3-18-13(19-4-2)12(16)17-8-9-5-6-10(14)11(15)7-9/h5-7,13H,3-4,8H2,1-2H3,(H2,16,17). The van der Waals surface area contributed by atoms with Crippen molar-refractivity contribution in [3.63, 3.8) is 0 Å². The van der Waals surface area contributed by atoms with Gasteiger partial charge in [0.1, 0.15) is 5.82 Å². The van der Waals surface area contributed by atoms with Gasteiger partial charge in [-0.05, 0) is 47.5 Å². The summed E-state index contributed by atoms with van der Waals surface area (Å²) in [6, 6.07) is 4.84. The van der Waals surface area contributed by atoms with Gasteiger partial charge >= 0.3 is 0 Å². The molecule has 0 aliphatic heterocycles. The van der Waals surface area contributed by atoms with Crippen molar-refractivity contribution < 1.29 is 13.9 Å². The van der Waals surface area contributed by atoms with Gasteiger partial charge in [-0.3, -0.25) is 5.41 Å². The quantitative estimate of drug-likeness (QED) is 0.458. The molecule has 1 aromatic carbocycles. The zero-order valence-corrected chi connectivity index (χ0v) is 12.6. The molecule has 2 N–H and O–H groups in total. The van der Waals surface area contributed by atoms with Crippen LogP contribution in [0.15, 0.2) is 22.7 Å². The normalized spacial score (nSPS) is 10.8. The van der Waals surface area contributed by atoms with Crippen LogP contribution in [0.4, 0.5) is 4.39 Å². The summed E-state index contributed by atoms with van der Waals surface area (Å²) in [5.74, 6) is -0.191. The van der Waals surface area contributed by atoms with Gasteiger partial charge in [0.05, 0.1) is 4.47 Å². The highest BCUT2D eigenvalue weighted by Crippen LogP contribution is 2.16. The highest BCUT2D eigenvalue weighted by molar-refractivity contribution is 9.10. The van der Waals surface area contributed by atoms with E-state index in [9.17, 15) is 4.39 Å². The Hall–Kier alpha value is -0.980. The Bertz CT molecular complexity index is 423. The Labute approximate surface area is 120 Å². The van der Waals surface area contributed by atoms with Crippen molar-refractivity contribution in [2.45, 2.75) is 26.7 Å². The van der Waals surface area contributed by atoms with Crippen molar-refractivity contribution in [2.24, 2.45) is 0 Å². The maximum Gasteiger partial charge on any atom is 0.216 e. The molecule has 6 heteroatoms. The lowest BCUT2D eigenvalue weighted by atomic mass is 10.2. The van der Waals surface area contributed by atoms with Crippen LogP contribution < -0.4 is 5.32 Å². The second-order valence-corrected chi connectivity index (χ2v) is 4.61. The van der Waals surface area contributed by atoms with Crippen LogP contribution in [0, 0.1) is 11.2 Å². The third kappa shape index (κ3) is 5.26. The van der Waals surface area contributed by atoms with Crippen molar-refractivity contribution >= 4 is 21.8 Å². The molecule has 1 aromatic rings. The minimum Gasteiger partial charge on any atom is -0.366 e. The Morgan fingerprint density at radius 3 is 2.53 bits per heavy atom. The van der Waals surface area contributed by atoms with Gasteiger partial charge in [0.2, 0.25) is 6.29 Å². The Morgan fingerprint density at radius 2 is 2.00 bits per heavy atom. The zero-order valence-electron chi connectivity index (χ0n) is 11.0. The van der Waals surface area contributed by atoms with Crippen molar-refractivity contribution in [3.05, 3.63) is 34.1 Å². The van der Waals surface area contributed by atoms with Crippen LogP contribution in [0.25, 0.3) is 0 Å². The summed E-state index contributed by atoms with van der Waals surface area (Å²) in [4.78, 5) is 0. The van der Waals surface area contributed by atoms with Crippen LogP contribution in [0.3, 0.4) is 0 Å². The molecule has 0 spiro atoms. The first-order chi connectivity index (χ1) is 9.08. The van der Waals surface area contributed by atoms with E-state index in [0.29, 0.717) is 24.2 Å². The van der Waals surface area contributed by atoms with Gasteiger partial charge < -0.3 is 14.8 Å². The Kier molecular flexibility index (Phi) is 6.97. The fourth-order valence-corrected chi connectivity index (χ4v) is 1.69. The molecule has 106 valence electrons. The van der Waals surface area contributed by atoms with Gasteiger partial charge in [-0.15, -0.1) is 0 Å². The van der Waals surface area contributed by atoms with E-state index in [-0.39, 0.29) is 11.7 Å². The summed E-state index contributed by atoms with van der Waals surface area (Å²) in [5.41, 5.74) is 0.747. The van der Waals surface area contributed by atoms with E-state index in [1.165, 1.54) is 6.07 Å². The number of benzene rings is 1. The van der Waals surface area contributed by atoms with Crippen LogP contribution in [-0.2, 0) is 16.0 Å². The molecular weight excluding hydrogens is 315 g/mol. The lowest BCUT2D eigenvalue weighted by Gasteiger charge is -2.19. The van der Waals surface area contributed by atoms with Gasteiger partial charge in [-0.1, -0.05) is 6.07 Å². The maximum absolute atomic E-state index is 13.3.